The van der Waals surface area contributed by atoms with E-state index in [1.54, 1.807) is 0 Å². The van der Waals surface area contributed by atoms with Gasteiger partial charge in [-0.25, -0.2) is 13.1 Å². The molecule has 8 heteroatoms. The van der Waals surface area contributed by atoms with Gasteiger partial charge in [0.1, 0.15) is 12.4 Å². The molecule has 1 heterocycles. The van der Waals surface area contributed by atoms with Crippen molar-refractivity contribution in [3.05, 3.63) is 24.3 Å². The van der Waals surface area contributed by atoms with E-state index in [4.69, 9.17) is 14.0 Å². The lowest BCUT2D eigenvalue weighted by atomic mass is 9.79. The normalized spacial score (nSPS) is 19.8. The maximum Gasteiger partial charge on any atom is 0.494 e. The summed E-state index contributed by atoms with van der Waals surface area (Å²) < 4.78 is 41.9. The second-order valence-electron chi connectivity index (χ2n) is 6.68. The van der Waals surface area contributed by atoms with Gasteiger partial charge in [-0.3, -0.25) is 0 Å². The van der Waals surface area contributed by atoms with E-state index >= 15 is 0 Å². The van der Waals surface area contributed by atoms with E-state index in [0.717, 1.165) is 11.7 Å². The molecule has 0 atom stereocenters. The van der Waals surface area contributed by atoms with Crippen molar-refractivity contribution in [1.29, 1.82) is 0 Å². The van der Waals surface area contributed by atoms with Crippen LogP contribution in [-0.2, 0) is 19.3 Å². The maximum atomic E-state index is 11.0. The number of hydrogen-bond donors (Lipinski definition) is 1. The van der Waals surface area contributed by atoms with Crippen molar-refractivity contribution >= 4 is 22.6 Å². The minimum absolute atomic E-state index is 0.222. The maximum absolute atomic E-state index is 11.0. The van der Waals surface area contributed by atoms with E-state index in [1.807, 2.05) is 52.0 Å². The van der Waals surface area contributed by atoms with Gasteiger partial charge in [0.15, 0.2) is 0 Å². The van der Waals surface area contributed by atoms with Crippen molar-refractivity contribution in [3.8, 4) is 5.75 Å². The molecular formula is C15H24BNO5S. The summed E-state index contributed by atoms with van der Waals surface area (Å²) in [5.74, 6) is 0.646. The third kappa shape index (κ3) is 4.70. The van der Waals surface area contributed by atoms with Crippen molar-refractivity contribution in [2.45, 2.75) is 38.9 Å². The molecule has 1 aromatic carbocycles. The minimum atomic E-state index is -3.20. The smallest absolute Gasteiger partial charge is 0.492 e. The molecule has 23 heavy (non-hydrogen) atoms. The molecule has 1 aliphatic rings. The van der Waals surface area contributed by atoms with Crippen LogP contribution in [0.3, 0.4) is 0 Å². The van der Waals surface area contributed by atoms with Crippen LogP contribution >= 0.6 is 0 Å². The number of nitrogens with one attached hydrogen (secondary N) is 1. The molecule has 0 saturated carbocycles. The van der Waals surface area contributed by atoms with Gasteiger partial charge in [-0.1, -0.05) is 12.1 Å². The van der Waals surface area contributed by atoms with Crippen molar-refractivity contribution in [2.24, 2.45) is 0 Å². The molecule has 1 N–H and O–H groups in total. The van der Waals surface area contributed by atoms with Crippen LogP contribution in [0.1, 0.15) is 27.7 Å². The first-order valence-electron chi connectivity index (χ1n) is 7.53. The standard InChI is InChI=1S/C15H24BNO5S/c1-14(2)15(3,4)22-16(21-14)12-7-6-8-13(11-12)20-10-9-17-23(5,18)19/h6-8,11,17H,9-10H2,1-5H3. The van der Waals surface area contributed by atoms with E-state index < -0.39 is 28.3 Å². The van der Waals surface area contributed by atoms with E-state index in [-0.39, 0.29) is 13.2 Å². The molecule has 0 radical (unpaired) electrons. The van der Waals surface area contributed by atoms with Crippen molar-refractivity contribution in [1.82, 2.24) is 4.72 Å². The Hall–Kier alpha value is -1.09. The Bertz CT molecular complexity index is 644. The highest BCUT2D eigenvalue weighted by molar-refractivity contribution is 7.88. The van der Waals surface area contributed by atoms with Gasteiger partial charge in [-0.2, -0.15) is 0 Å². The zero-order valence-electron chi connectivity index (χ0n) is 14.3. The Morgan fingerprint density at radius 3 is 2.35 bits per heavy atom. The molecule has 0 aromatic heterocycles. The first-order chi connectivity index (χ1) is 10.5. The van der Waals surface area contributed by atoms with Crippen molar-refractivity contribution < 1.29 is 22.5 Å². The van der Waals surface area contributed by atoms with Crippen LogP contribution in [0.5, 0.6) is 5.75 Å². The molecule has 1 saturated heterocycles. The summed E-state index contributed by atoms with van der Waals surface area (Å²) in [7, 11) is -3.64. The first-order valence-corrected chi connectivity index (χ1v) is 9.42. The highest BCUT2D eigenvalue weighted by atomic mass is 32.2. The van der Waals surface area contributed by atoms with Crippen LogP contribution in [0.15, 0.2) is 24.3 Å². The van der Waals surface area contributed by atoms with Crippen LogP contribution in [0.4, 0.5) is 0 Å². The fourth-order valence-electron chi connectivity index (χ4n) is 2.13. The summed E-state index contributed by atoms with van der Waals surface area (Å²) in [5, 5.41) is 0. The average Bonchev–Trinajstić information content (AvgIpc) is 2.63. The van der Waals surface area contributed by atoms with Gasteiger partial charge >= 0.3 is 7.12 Å². The number of sulfonamides is 1. The van der Waals surface area contributed by atoms with Gasteiger partial charge in [-0.05, 0) is 45.3 Å². The lowest BCUT2D eigenvalue weighted by Gasteiger charge is -2.32. The van der Waals surface area contributed by atoms with Gasteiger partial charge < -0.3 is 14.0 Å². The molecule has 1 aliphatic heterocycles. The monoisotopic (exact) mass is 341 g/mol. The number of ether oxygens (including phenoxy) is 1. The Balaban J connectivity index is 1.98. The molecule has 0 aliphatic carbocycles. The molecule has 2 rings (SSSR count). The third-order valence-electron chi connectivity index (χ3n) is 4.12. The molecule has 0 spiro atoms. The Morgan fingerprint density at radius 2 is 1.78 bits per heavy atom. The summed E-state index contributed by atoms with van der Waals surface area (Å²) in [5.41, 5.74) is 0.0826. The summed E-state index contributed by atoms with van der Waals surface area (Å²) in [6, 6.07) is 7.45. The summed E-state index contributed by atoms with van der Waals surface area (Å²) in [4.78, 5) is 0. The lowest BCUT2D eigenvalue weighted by molar-refractivity contribution is 0.00578. The van der Waals surface area contributed by atoms with Gasteiger partial charge in [-0.15, -0.1) is 0 Å². The van der Waals surface area contributed by atoms with Crippen LogP contribution in [-0.4, -0.2) is 46.1 Å². The van der Waals surface area contributed by atoms with E-state index in [1.165, 1.54) is 0 Å². The minimum Gasteiger partial charge on any atom is -0.492 e. The number of hydrogen-bond acceptors (Lipinski definition) is 5. The van der Waals surface area contributed by atoms with Crippen molar-refractivity contribution in [3.63, 3.8) is 0 Å². The lowest BCUT2D eigenvalue weighted by Crippen LogP contribution is -2.41. The molecule has 0 bridgehead atoms. The zero-order valence-corrected chi connectivity index (χ0v) is 15.1. The summed E-state index contributed by atoms with van der Waals surface area (Å²) in [6.07, 6.45) is 1.12. The second kappa shape index (κ2) is 6.43. The Kier molecular flexibility index (Phi) is 5.10. The summed E-state index contributed by atoms with van der Waals surface area (Å²) in [6.45, 7) is 8.49. The van der Waals surface area contributed by atoms with Gasteiger partial charge in [0.25, 0.3) is 0 Å². The predicted molar refractivity (Wildman–Crippen MR) is 90.5 cm³/mol. The zero-order chi connectivity index (χ0) is 17.3. The van der Waals surface area contributed by atoms with Gasteiger partial charge in [0.2, 0.25) is 10.0 Å². The second-order valence-corrected chi connectivity index (χ2v) is 8.51. The molecule has 6 nitrogen and oxygen atoms in total. The number of benzene rings is 1. The average molecular weight is 341 g/mol. The molecular weight excluding hydrogens is 317 g/mol. The largest absolute Gasteiger partial charge is 0.494 e. The SMILES string of the molecule is CC1(C)OB(c2cccc(OCCNS(C)(=O)=O)c2)OC1(C)C. The summed E-state index contributed by atoms with van der Waals surface area (Å²) >= 11 is 0. The molecule has 128 valence electrons. The van der Waals surface area contributed by atoms with Crippen LogP contribution in [0, 0.1) is 0 Å². The van der Waals surface area contributed by atoms with Gasteiger partial charge in [0, 0.05) is 6.54 Å². The van der Waals surface area contributed by atoms with E-state index in [2.05, 4.69) is 4.72 Å². The fraction of sp³-hybridized carbons (Fsp3) is 0.600. The fourth-order valence-corrected chi connectivity index (χ4v) is 2.58. The first kappa shape index (κ1) is 18.3. The molecule has 1 aromatic rings. The number of rotatable bonds is 6. The predicted octanol–water partition coefficient (Wildman–Crippen LogP) is 0.914. The van der Waals surface area contributed by atoms with Crippen LogP contribution in [0.25, 0.3) is 0 Å². The van der Waals surface area contributed by atoms with Crippen molar-refractivity contribution in [2.75, 3.05) is 19.4 Å². The van der Waals surface area contributed by atoms with Gasteiger partial charge in [0.05, 0.1) is 17.5 Å². The van der Waals surface area contributed by atoms with Crippen LogP contribution < -0.4 is 14.9 Å². The van der Waals surface area contributed by atoms with E-state index in [9.17, 15) is 8.42 Å². The van der Waals surface area contributed by atoms with Crippen LogP contribution in [0.2, 0.25) is 0 Å². The highest BCUT2D eigenvalue weighted by Crippen LogP contribution is 2.36. The molecule has 0 unspecified atom stereocenters. The van der Waals surface area contributed by atoms with E-state index in [0.29, 0.717) is 5.75 Å². The molecule has 0 amide bonds. The molecule has 1 fully saturated rings. The topological polar surface area (TPSA) is 73.9 Å². The Morgan fingerprint density at radius 1 is 1.17 bits per heavy atom. The quantitative estimate of drug-likeness (QED) is 0.615. The highest BCUT2D eigenvalue weighted by Gasteiger charge is 2.51. The third-order valence-corrected chi connectivity index (χ3v) is 4.85. The Labute approximate surface area is 138 Å².